The summed E-state index contributed by atoms with van der Waals surface area (Å²) >= 11 is 0. The van der Waals surface area contributed by atoms with E-state index >= 15 is 0 Å². The molecule has 1 heterocycles. The van der Waals surface area contributed by atoms with Gasteiger partial charge in [0.2, 0.25) is 5.91 Å². The molecule has 94 valence electrons. The summed E-state index contributed by atoms with van der Waals surface area (Å²) in [7, 11) is 4.20. The molecule has 0 bridgehead atoms. The fourth-order valence-corrected chi connectivity index (χ4v) is 2.24. The minimum atomic E-state index is -0.728. The Labute approximate surface area is 98.8 Å². The van der Waals surface area contributed by atoms with Crippen molar-refractivity contribution in [2.75, 3.05) is 33.7 Å². The van der Waals surface area contributed by atoms with Gasteiger partial charge < -0.3 is 15.5 Å². The molecule has 0 aromatic carbocycles. The van der Waals surface area contributed by atoms with Gasteiger partial charge in [0, 0.05) is 19.6 Å². The first-order valence-corrected chi connectivity index (χ1v) is 6.03. The van der Waals surface area contributed by atoms with Crippen LogP contribution in [0.3, 0.4) is 0 Å². The highest BCUT2D eigenvalue weighted by molar-refractivity contribution is 5.85. The number of amides is 1. The van der Waals surface area contributed by atoms with E-state index in [0.717, 1.165) is 38.4 Å². The molecular formula is C12H25N3O. The van der Waals surface area contributed by atoms with Crippen LogP contribution < -0.4 is 5.73 Å². The highest BCUT2D eigenvalue weighted by Crippen LogP contribution is 2.19. The summed E-state index contributed by atoms with van der Waals surface area (Å²) < 4.78 is 0. The third kappa shape index (κ3) is 3.76. The van der Waals surface area contributed by atoms with Gasteiger partial charge in [0.05, 0.1) is 5.54 Å². The molecule has 2 N–H and O–H groups in total. The largest absolute Gasteiger partial charge is 0.341 e. The van der Waals surface area contributed by atoms with Crippen molar-refractivity contribution in [1.29, 1.82) is 0 Å². The first-order chi connectivity index (χ1) is 7.30. The van der Waals surface area contributed by atoms with Crippen molar-refractivity contribution in [3.05, 3.63) is 0 Å². The van der Waals surface area contributed by atoms with E-state index in [-0.39, 0.29) is 5.91 Å². The number of nitrogens with two attached hydrogens (primary N) is 1. The molecule has 1 fully saturated rings. The van der Waals surface area contributed by atoms with Gasteiger partial charge in [0.25, 0.3) is 0 Å². The number of carbonyl (C=O) groups is 1. The number of likely N-dealkylation sites (tertiary alicyclic amines) is 1. The van der Waals surface area contributed by atoms with E-state index in [1.807, 2.05) is 4.90 Å². The zero-order valence-electron chi connectivity index (χ0n) is 11.0. The Morgan fingerprint density at radius 3 is 2.25 bits per heavy atom. The van der Waals surface area contributed by atoms with Gasteiger partial charge in [-0.25, -0.2) is 0 Å². The van der Waals surface area contributed by atoms with E-state index in [1.165, 1.54) is 0 Å². The van der Waals surface area contributed by atoms with E-state index in [1.54, 1.807) is 13.8 Å². The van der Waals surface area contributed by atoms with E-state index in [0.29, 0.717) is 0 Å². The number of hydrogen-bond donors (Lipinski definition) is 1. The van der Waals surface area contributed by atoms with Gasteiger partial charge >= 0.3 is 0 Å². The van der Waals surface area contributed by atoms with E-state index in [4.69, 9.17) is 5.73 Å². The Balaban J connectivity index is 2.40. The highest BCUT2D eigenvalue weighted by Gasteiger charge is 2.30. The maximum Gasteiger partial charge on any atom is 0.242 e. The molecule has 1 aliphatic heterocycles. The lowest BCUT2D eigenvalue weighted by Gasteiger charge is -2.36. The lowest BCUT2D eigenvalue weighted by atomic mass is 9.94. The topological polar surface area (TPSA) is 49.6 Å². The molecule has 1 rings (SSSR count). The molecule has 0 atom stereocenters. The summed E-state index contributed by atoms with van der Waals surface area (Å²) in [6.07, 6.45) is 2.19. The summed E-state index contributed by atoms with van der Waals surface area (Å²) in [5.74, 6) is 0.802. The summed E-state index contributed by atoms with van der Waals surface area (Å²) in [6.45, 7) is 6.40. The van der Waals surface area contributed by atoms with Crippen LogP contribution in [0.1, 0.15) is 26.7 Å². The van der Waals surface area contributed by atoms with Crippen molar-refractivity contribution in [3.63, 3.8) is 0 Å². The third-order valence-electron chi connectivity index (χ3n) is 3.08. The number of carbonyl (C=O) groups excluding carboxylic acids is 1. The van der Waals surface area contributed by atoms with Crippen molar-refractivity contribution in [2.24, 2.45) is 11.7 Å². The van der Waals surface area contributed by atoms with Gasteiger partial charge in [-0.15, -0.1) is 0 Å². The quantitative estimate of drug-likeness (QED) is 0.765. The summed E-state index contributed by atoms with van der Waals surface area (Å²) in [5.41, 5.74) is 5.10. The van der Waals surface area contributed by atoms with Crippen LogP contribution in [0.5, 0.6) is 0 Å². The molecule has 4 nitrogen and oxygen atoms in total. The molecule has 0 aromatic heterocycles. The fourth-order valence-electron chi connectivity index (χ4n) is 2.24. The highest BCUT2D eigenvalue weighted by atomic mass is 16.2. The second kappa shape index (κ2) is 5.15. The average molecular weight is 227 g/mol. The maximum atomic E-state index is 11.9. The Hall–Kier alpha value is -0.610. The van der Waals surface area contributed by atoms with Gasteiger partial charge in [-0.3, -0.25) is 4.79 Å². The second-order valence-electron chi connectivity index (χ2n) is 5.72. The Morgan fingerprint density at radius 2 is 1.88 bits per heavy atom. The van der Waals surface area contributed by atoms with E-state index in [2.05, 4.69) is 19.0 Å². The normalized spacial score (nSPS) is 19.2. The Kier molecular flexibility index (Phi) is 4.33. The SMILES string of the molecule is CN(C)CC1CCN(C(=O)C(C)(C)N)CC1. The molecule has 0 saturated carbocycles. The predicted molar refractivity (Wildman–Crippen MR) is 66.1 cm³/mol. The molecule has 16 heavy (non-hydrogen) atoms. The third-order valence-corrected chi connectivity index (χ3v) is 3.08. The van der Waals surface area contributed by atoms with Crippen LogP contribution in [-0.2, 0) is 4.79 Å². The van der Waals surface area contributed by atoms with Crippen LogP contribution in [-0.4, -0.2) is 55.0 Å². The van der Waals surface area contributed by atoms with E-state index in [9.17, 15) is 4.79 Å². The summed E-state index contributed by atoms with van der Waals surface area (Å²) in [4.78, 5) is 16.1. The minimum Gasteiger partial charge on any atom is -0.341 e. The van der Waals surface area contributed by atoms with Gasteiger partial charge in [-0.1, -0.05) is 0 Å². The molecule has 0 unspecified atom stereocenters. The number of piperidine rings is 1. The second-order valence-corrected chi connectivity index (χ2v) is 5.72. The predicted octanol–water partition coefficient (Wildman–Crippen LogP) is 0.524. The maximum absolute atomic E-state index is 11.9. The smallest absolute Gasteiger partial charge is 0.242 e. The van der Waals surface area contributed by atoms with Crippen molar-refractivity contribution in [1.82, 2.24) is 9.80 Å². The first-order valence-electron chi connectivity index (χ1n) is 6.03. The van der Waals surface area contributed by atoms with Crippen LogP contribution in [0.4, 0.5) is 0 Å². The van der Waals surface area contributed by atoms with Crippen LogP contribution in [0.2, 0.25) is 0 Å². The van der Waals surface area contributed by atoms with Gasteiger partial charge in [0.15, 0.2) is 0 Å². The van der Waals surface area contributed by atoms with E-state index < -0.39 is 5.54 Å². The molecule has 1 amide bonds. The van der Waals surface area contributed by atoms with Crippen molar-refractivity contribution < 1.29 is 4.79 Å². The zero-order valence-corrected chi connectivity index (χ0v) is 11.0. The Bertz CT molecular complexity index is 237. The van der Waals surface area contributed by atoms with Crippen LogP contribution in [0.25, 0.3) is 0 Å². The zero-order chi connectivity index (χ0) is 12.3. The van der Waals surface area contributed by atoms with Crippen LogP contribution >= 0.6 is 0 Å². The lowest BCUT2D eigenvalue weighted by molar-refractivity contribution is -0.137. The fraction of sp³-hybridized carbons (Fsp3) is 0.917. The lowest BCUT2D eigenvalue weighted by Crippen LogP contribution is -2.53. The minimum absolute atomic E-state index is 0.0794. The average Bonchev–Trinajstić information content (AvgIpc) is 2.15. The molecule has 0 spiro atoms. The van der Waals surface area contributed by atoms with Gasteiger partial charge in [-0.2, -0.15) is 0 Å². The summed E-state index contributed by atoms with van der Waals surface area (Å²) in [5, 5.41) is 0. The van der Waals surface area contributed by atoms with Crippen molar-refractivity contribution in [3.8, 4) is 0 Å². The molecule has 4 heteroatoms. The Morgan fingerprint density at radius 1 is 1.38 bits per heavy atom. The van der Waals surface area contributed by atoms with Gasteiger partial charge in [0.1, 0.15) is 0 Å². The van der Waals surface area contributed by atoms with Crippen LogP contribution in [0.15, 0.2) is 0 Å². The van der Waals surface area contributed by atoms with Crippen molar-refractivity contribution >= 4 is 5.91 Å². The molecule has 1 saturated heterocycles. The number of hydrogen-bond acceptors (Lipinski definition) is 3. The van der Waals surface area contributed by atoms with Crippen molar-refractivity contribution in [2.45, 2.75) is 32.2 Å². The van der Waals surface area contributed by atoms with Gasteiger partial charge in [-0.05, 0) is 46.7 Å². The number of nitrogens with zero attached hydrogens (tertiary/aromatic N) is 2. The molecule has 0 aromatic rings. The molecule has 0 radical (unpaired) electrons. The first kappa shape index (κ1) is 13.5. The number of rotatable bonds is 3. The molecule has 1 aliphatic rings. The van der Waals surface area contributed by atoms with Crippen LogP contribution in [0, 0.1) is 5.92 Å². The summed E-state index contributed by atoms with van der Waals surface area (Å²) in [6, 6.07) is 0. The standard InChI is InChI=1S/C12H25N3O/c1-12(2,13)11(16)15-7-5-10(6-8-15)9-14(3)4/h10H,5-9,13H2,1-4H3. The molecule has 0 aliphatic carbocycles. The molecular weight excluding hydrogens is 202 g/mol. The monoisotopic (exact) mass is 227 g/mol.